The molecule has 1 heterocycles. The van der Waals surface area contributed by atoms with E-state index < -0.39 is 0 Å². The van der Waals surface area contributed by atoms with Crippen molar-refractivity contribution in [2.24, 2.45) is 0 Å². The number of hydrogen-bond acceptors (Lipinski definition) is 4. The Labute approximate surface area is 103 Å². The molecule has 5 nitrogen and oxygen atoms in total. The number of nitrogens with one attached hydrogen (secondary N) is 1. The zero-order valence-corrected chi connectivity index (χ0v) is 10.8. The molecule has 0 spiro atoms. The van der Waals surface area contributed by atoms with Crippen molar-refractivity contribution in [3.8, 4) is 0 Å². The Hall–Kier alpha value is -1.26. The third kappa shape index (κ3) is 3.11. The quantitative estimate of drug-likeness (QED) is 0.793. The second kappa shape index (κ2) is 5.38. The molecule has 0 unspecified atom stereocenters. The van der Waals surface area contributed by atoms with Crippen LogP contribution in [0.2, 0.25) is 0 Å². The normalized spacial score (nSPS) is 18.3. The molecule has 0 aromatic carbocycles. The van der Waals surface area contributed by atoms with Gasteiger partial charge in [-0.2, -0.15) is 4.98 Å². The third-order valence-corrected chi connectivity index (χ3v) is 3.25. The summed E-state index contributed by atoms with van der Waals surface area (Å²) in [7, 11) is 0. The number of nitrogens with zero attached hydrogens (tertiary/aromatic N) is 3. The molecule has 0 saturated heterocycles. The molecule has 1 aliphatic rings. The Bertz CT molecular complexity index is 350. The maximum Gasteiger partial charge on any atom is 0.244 e. The van der Waals surface area contributed by atoms with Crippen LogP contribution in [-0.4, -0.2) is 20.8 Å². The van der Waals surface area contributed by atoms with Crippen LogP contribution in [0, 0.1) is 0 Å². The lowest BCUT2D eigenvalue weighted by atomic mass is 10.1. The van der Waals surface area contributed by atoms with Crippen molar-refractivity contribution in [1.29, 1.82) is 0 Å². The first-order valence-electron chi connectivity index (χ1n) is 6.65. The third-order valence-electron chi connectivity index (χ3n) is 3.25. The molecule has 1 fully saturated rings. The summed E-state index contributed by atoms with van der Waals surface area (Å²) in [6.07, 6.45) is 7.57. The van der Waals surface area contributed by atoms with Crippen LogP contribution in [0.1, 0.15) is 58.4 Å². The van der Waals surface area contributed by atoms with Crippen molar-refractivity contribution in [2.75, 3.05) is 11.1 Å². The molecule has 0 radical (unpaired) electrons. The standard InChI is InChI=1S/C12H23N5/c1-9(2)14-12-15-11(13)17(16-12)10-7-5-3-4-6-8-10/h9-10H,3-8H2,1-2H3,(H3,13,14,15,16). The molecule has 0 bridgehead atoms. The highest BCUT2D eigenvalue weighted by molar-refractivity contribution is 5.32. The molecule has 17 heavy (non-hydrogen) atoms. The first-order valence-corrected chi connectivity index (χ1v) is 6.65. The number of aromatic nitrogens is 3. The molecule has 1 aliphatic carbocycles. The summed E-state index contributed by atoms with van der Waals surface area (Å²) >= 11 is 0. The first-order chi connectivity index (χ1) is 8.16. The molecule has 1 saturated carbocycles. The number of rotatable bonds is 3. The molecular formula is C12H23N5. The SMILES string of the molecule is CC(C)Nc1nc(N)n(C2CCCCCC2)n1. The molecule has 96 valence electrons. The summed E-state index contributed by atoms with van der Waals surface area (Å²) in [6.45, 7) is 4.14. The van der Waals surface area contributed by atoms with Crippen molar-refractivity contribution in [2.45, 2.75) is 64.5 Å². The fraction of sp³-hybridized carbons (Fsp3) is 0.833. The molecular weight excluding hydrogens is 214 g/mol. The molecule has 1 aromatic heterocycles. The highest BCUT2D eigenvalue weighted by Crippen LogP contribution is 2.28. The maximum absolute atomic E-state index is 5.95. The molecule has 3 N–H and O–H groups in total. The molecule has 0 aliphatic heterocycles. The van der Waals surface area contributed by atoms with Crippen LogP contribution in [0.4, 0.5) is 11.9 Å². The Morgan fingerprint density at radius 1 is 1.24 bits per heavy atom. The van der Waals surface area contributed by atoms with E-state index in [1.807, 2.05) is 4.68 Å². The van der Waals surface area contributed by atoms with E-state index in [2.05, 4.69) is 29.2 Å². The van der Waals surface area contributed by atoms with Gasteiger partial charge in [0.1, 0.15) is 0 Å². The predicted molar refractivity (Wildman–Crippen MR) is 69.9 cm³/mol. The highest BCUT2D eigenvalue weighted by Gasteiger charge is 2.18. The molecule has 0 atom stereocenters. The number of nitrogen functional groups attached to an aromatic ring is 1. The number of nitrogens with two attached hydrogens (primary N) is 1. The van der Waals surface area contributed by atoms with E-state index in [0.717, 1.165) is 0 Å². The van der Waals surface area contributed by atoms with Crippen molar-refractivity contribution >= 4 is 11.9 Å². The van der Waals surface area contributed by atoms with E-state index >= 15 is 0 Å². The largest absolute Gasteiger partial charge is 0.368 e. The van der Waals surface area contributed by atoms with Crippen molar-refractivity contribution in [3.63, 3.8) is 0 Å². The lowest BCUT2D eigenvalue weighted by Crippen LogP contribution is -2.14. The zero-order valence-electron chi connectivity index (χ0n) is 10.8. The van der Waals surface area contributed by atoms with Gasteiger partial charge in [-0.05, 0) is 26.7 Å². The average Bonchev–Trinajstić information content (AvgIpc) is 2.52. The van der Waals surface area contributed by atoms with Crippen LogP contribution in [-0.2, 0) is 0 Å². The van der Waals surface area contributed by atoms with Crippen molar-refractivity contribution in [1.82, 2.24) is 14.8 Å². The predicted octanol–water partition coefficient (Wildman–Crippen LogP) is 2.58. The molecule has 1 aromatic rings. The Balaban J connectivity index is 2.10. The topological polar surface area (TPSA) is 68.8 Å². The summed E-state index contributed by atoms with van der Waals surface area (Å²) < 4.78 is 1.91. The van der Waals surface area contributed by atoms with Crippen LogP contribution in [0.15, 0.2) is 0 Å². The maximum atomic E-state index is 5.95. The van der Waals surface area contributed by atoms with Gasteiger partial charge >= 0.3 is 0 Å². The Morgan fingerprint density at radius 2 is 1.88 bits per heavy atom. The van der Waals surface area contributed by atoms with Gasteiger partial charge in [0.2, 0.25) is 11.9 Å². The van der Waals surface area contributed by atoms with E-state index in [1.54, 1.807) is 0 Å². The number of anilines is 2. The molecule has 2 rings (SSSR count). The monoisotopic (exact) mass is 237 g/mol. The fourth-order valence-electron chi connectivity index (χ4n) is 2.43. The van der Waals surface area contributed by atoms with Crippen LogP contribution in [0.25, 0.3) is 0 Å². The summed E-state index contributed by atoms with van der Waals surface area (Å²) in [5, 5.41) is 7.68. The molecule has 0 amide bonds. The van der Waals surface area contributed by atoms with E-state index in [1.165, 1.54) is 38.5 Å². The van der Waals surface area contributed by atoms with E-state index in [-0.39, 0.29) is 0 Å². The lowest BCUT2D eigenvalue weighted by Gasteiger charge is -2.14. The molecule has 5 heteroatoms. The second-order valence-corrected chi connectivity index (χ2v) is 5.18. The van der Waals surface area contributed by atoms with Crippen LogP contribution < -0.4 is 11.1 Å². The first kappa shape index (κ1) is 12.2. The van der Waals surface area contributed by atoms with Gasteiger partial charge in [-0.15, -0.1) is 5.10 Å². The highest BCUT2D eigenvalue weighted by atomic mass is 15.4. The van der Waals surface area contributed by atoms with Gasteiger partial charge in [-0.1, -0.05) is 25.7 Å². The average molecular weight is 237 g/mol. The minimum absolute atomic E-state index is 0.333. The van der Waals surface area contributed by atoms with Crippen LogP contribution >= 0.6 is 0 Å². The Morgan fingerprint density at radius 3 is 2.47 bits per heavy atom. The fourth-order valence-corrected chi connectivity index (χ4v) is 2.43. The smallest absolute Gasteiger partial charge is 0.244 e. The van der Waals surface area contributed by atoms with Crippen molar-refractivity contribution < 1.29 is 0 Å². The minimum Gasteiger partial charge on any atom is -0.368 e. The number of hydrogen-bond donors (Lipinski definition) is 2. The minimum atomic E-state index is 0.333. The van der Waals surface area contributed by atoms with E-state index in [4.69, 9.17) is 5.73 Å². The van der Waals surface area contributed by atoms with Crippen molar-refractivity contribution in [3.05, 3.63) is 0 Å². The van der Waals surface area contributed by atoms with Gasteiger partial charge in [-0.25, -0.2) is 4.68 Å². The van der Waals surface area contributed by atoms with Gasteiger partial charge in [-0.3, -0.25) is 0 Å². The second-order valence-electron chi connectivity index (χ2n) is 5.18. The van der Waals surface area contributed by atoms with Gasteiger partial charge in [0.05, 0.1) is 6.04 Å². The lowest BCUT2D eigenvalue weighted by molar-refractivity contribution is 0.411. The summed E-state index contributed by atoms with van der Waals surface area (Å²) in [5.41, 5.74) is 5.95. The summed E-state index contributed by atoms with van der Waals surface area (Å²) in [6, 6.07) is 0.770. The zero-order chi connectivity index (χ0) is 12.3. The van der Waals surface area contributed by atoms with E-state index in [0.29, 0.717) is 24.0 Å². The van der Waals surface area contributed by atoms with Crippen LogP contribution in [0.3, 0.4) is 0 Å². The van der Waals surface area contributed by atoms with Gasteiger partial charge in [0, 0.05) is 6.04 Å². The van der Waals surface area contributed by atoms with Gasteiger partial charge in [0.15, 0.2) is 0 Å². The van der Waals surface area contributed by atoms with E-state index in [9.17, 15) is 0 Å². The van der Waals surface area contributed by atoms with Gasteiger partial charge in [0.25, 0.3) is 0 Å². The van der Waals surface area contributed by atoms with Crippen LogP contribution in [0.5, 0.6) is 0 Å². The summed E-state index contributed by atoms with van der Waals surface area (Å²) in [4.78, 5) is 4.28. The Kier molecular flexibility index (Phi) is 3.86. The summed E-state index contributed by atoms with van der Waals surface area (Å²) in [5.74, 6) is 1.20. The van der Waals surface area contributed by atoms with Gasteiger partial charge < -0.3 is 11.1 Å².